The van der Waals surface area contributed by atoms with Gasteiger partial charge in [0.05, 0.1) is 18.8 Å². The molecule has 1 aliphatic heterocycles. The fourth-order valence-corrected chi connectivity index (χ4v) is 1.71. The first-order valence-electron chi connectivity index (χ1n) is 4.65. The van der Waals surface area contributed by atoms with Crippen LogP contribution in [-0.4, -0.2) is 23.9 Å². The zero-order valence-corrected chi connectivity index (χ0v) is 8.44. The van der Waals surface area contributed by atoms with E-state index in [0.29, 0.717) is 28.2 Å². The van der Waals surface area contributed by atoms with Crippen molar-refractivity contribution >= 4 is 10.9 Å². The van der Waals surface area contributed by atoms with Crippen LogP contribution in [0.4, 0.5) is 0 Å². The van der Waals surface area contributed by atoms with Crippen LogP contribution in [0.3, 0.4) is 0 Å². The largest absolute Gasteiger partial charge is 0.493 e. The third-order valence-electron chi connectivity index (χ3n) is 2.44. The van der Waals surface area contributed by atoms with Crippen LogP contribution in [0.25, 0.3) is 10.9 Å². The second kappa shape index (κ2) is 3.13. The predicted octanol–water partition coefficient (Wildman–Crippen LogP) is 0.660. The summed E-state index contributed by atoms with van der Waals surface area (Å²) in [6.07, 6.45) is 1.33. The Labute approximate surface area is 89.8 Å². The number of H-pyrrole nitrogens is 1. The molecule has 0 spiro atoms. The van der Waals surface area contributed by atoms with E-state index >= 15 is 0 Å². The summed E-state index contributed by atoms with van der Waals surface area (Å²) < 4.78 is 15.7. The van der Waals surface area contributed by atoms with E-state index in [-0.39, 0.29) is 12.4 Å². The number of ether oxygens (including phenoxy) is 3. The van der Waals surface area contributed by atoms with E-state index in [1.54, 1.807) is 6.07 Å². The van der Waals surface area contributed by atoms with Crippen molar-refractivity contribution in [1.82, 2.24) is 9.97 Å². The maximum atomic E-state index is 11.6. The van der Waals surface area contributed by atoms with E-state index in [1.807, 2.05) is 0 Å². The number of nitrogens with zero attached hydrogens (tertiary/aromatic N) is 1. The lowest BCUT2D eigenvalue weighted by Crippen LogP contribution is -2.06. The van der Waals surface area contributed by atoms with Crippen molar-refractivity contribution in [2.75, 3.05) is 13.9 Å². The summed E-state index contributed by atoms with van der Waals surface area (Å²) in [7, 11) is 1.51. The first-order valence-corrected chi connectivity index (χ1v) is 4.65. The third-order valence-corrected chi connectivity index (χ3v) is 2.44. The molecule has 6 nitrogen and oxygen atoms in total. The number of rotatable bonds is 1. The molecule has 2 aromatic rings. The number of aromatic nitrogens is 2. The van der Waals surface area contributed by atoms with Crippen molar-refractivity contribution in [2.24, 2.45) is 0 Å². The van der Waals surface area contributed by atoms with Crippen molar-refractivity contribution in [3.63, 3.8) is 0 Å². The Morgan fingerprint density at radius 2 is 2.25 bits per heavy atom. The minimum Gasteiger partial charge on any atom is -0.493 e. The van der Waals surface area contributed by atoms with E-state index in [9.17, 15) is 4.79 Å². The molecule has 0 radical (unpaired) electrons. The van der Waals surface area contributed by atoms with Gasteiger partial charge >= 0.3 is 0 Å². The molecule has 0 saturated carbocycles. The van der Waals surface area contributed by atoms with Crippen molar-refractivity contribution in [1.29, 1.82) is 0 Å². The molecule has 3 rings (SSSR count). The first-order chi connectivity index (χ1) is 7.81. The molecule has 2 heterocycles. The average molecular weight is 220 g/mol. The van der Waals surface area contributed by atoms with Crippen LogP contribution in [0.2, 0.25) is 0 Å². The van der Waals surface area contributed by atoms with Gasteiger partial charge < -0.3 is 19.2 Å². The van der Waals surface area contributed by atoms with E-state index < -0.39 is 0 Å². The number of fused-ring (bicyclic) bond motifs is 3. The van der Waals surface area contributed by atoms with E-state index in [4.69, 9.17) is 14.2 Å². The Bertz CT molecular complexity index is 620. The minimum absolute atomic E-state index is 0.110. The Morgan fingerprint density at radius 1 is 1.44 bits per heavy atom. The summed E-state index contributed by atoms with van der Waals surface area (Å²) >= 11 is 0. The van der Waals surface area contributed by atoms with Gasteiger partial charge in [0.15, 0.2) is 11.5 Å². The molecular formula is C10H8N2O4. The predicted molar refractivity (Wildman–Crippen MR) is 55.0 cm³/mol. The Morgan fingerprint density at radius 3 is 3.06 bits per heavy atom. The molecule has 1 aromatic heterocycles. The molecule has 1 N–H and O–H groups in total. The van der Waals surface area contributed by atoms with Crippen LogP contribution in [0, 0.1) is 0 Å². The number of methoxy groups -OCH3 is 1. The lowest BCUT2D eigenvalue weighted by atomic mass is 10.2. The Kier molecular flexibility index (Phi) is 1.76. The van der Waals surface area contributed by atoms with Crippen molar-refractivity contribution in [2.45, 2.75) is 0 Å². The molecule has 0 amide bonds. The lowest BCUT2D eigenvalue weighted by molar-refractivity contribution is 0.172. The smallest absolute Gasteiger partial charge is 0.258 e. The SMILES string of the molecule is COc1cc2c(=O)[nH]cnc2c2c1OCO2. The molecule has 82 valence electrons. The van der Waals surface area contributed by atoms with Gasteiger partial charge in [-0.05, 0) is 6.07 Å². The van der Waals surface area contributed by atoms with Gasteiger partial charge in [-0.15, -0.1) is 0 Å². The minimum atomic E-state index is -0.235. The maximum Gasteiger partial charge on any atom is 0.258 e. The van der Waals surface area contributed by atoms with Crippen LogP contribution >= 0.6 is 0 Å². The molecule has 0 saturated heterocycles. The van der Waals surface area contributed by atoms with Gasteiger partial charge in [0, 0.05) is 0 Å². The van der Waals surface area contributed by atoms with Crippen LogP contribution in [0.5, 0.6) is 17.2 Å². The fraction of sp³-hybridized carbons (Fsp3) is 0.200. The van der Waals surface area contributed by atoms with Crippen molar-refractivity contribution < 1.29 is 14.2 Å². The molecule has 0 fully saturated rings. The summed E-state index contributed by atoms with van der Waals surface area (Å²) in [4.78, 5) is 18.2. The highest BCUT2D eigenvalue weighted by atomic mass is 16.7. The summed E-state index contributed by atoms with van der Waals surface area (Å²) in [6, 6.07) is 1.59. The van der Waals surface area contributed by atoms with Crippen LogP contribution in [0.15, 0.2) is 17.2 Å². The van der Waals surface area contributed by atoms with Gasteiger partial charge in [0.1, 0.15) is 5.52 Å². The fourth-order valence-electron chi connectivity index (χ4n) is 1.71. The quantitative estimate of drug-likeness (QED) is 0.764. The van der Waals surface area contributed by atoms with Gasteiger partial charge in [-0.3, -0.25) is 4.79 Å². The van der Waals surface area contributed by atoms with Gasteiger partial charge in [-0.25, -0.2) is 4.98 Å². The number of hydrogen-bond donors (Lipinski definition) is 1. The van der Waals surface area contributed by atoms with Gasteiger partial charge in [0.2, 0.25) is 12.5 Å². The van der Waals surface area contributed by atoms with Crippen molar-refractivity contribution in [3.8, 4) is 17.2 Å². The maximum absolute atomic E-state index is 11.6. The highest BCUT2D eigenvalue weighted by Gasteiger charge is 2.24. The normalized spacial score (nSPS) is 13.1. The van der Waals surface area contributed by atoms with Crippen molar-refractivity contribution in [3.05, 3.63) is 22.7 Å². The zero-order chi connectivity index (χ0) is 11.1. The highest BCUT2D eigenvalue weighted by molar-refractivity contribution is 5.89. The molecule has 6 heteroatoms. The molecule has 0 bridgehead atoms. The standard InChI is InChI=1S/C10H8N2O4/c1-14-6-2-5-7(11-3-12-10(5)13)9-8(6)15-4-16-9/h2-3H,4H2,1H3,(H,11,12,13). The molecule has 0 aliphatic carbocycles. The van der Waals surface area contributed by atoms with Gasteiger partial charge in [0.25, 0.3) is 5.56 Å². The Balaban J connectivity index is 2.48. The molecule has 0 unspecified atom stereocenters. The zero-order valence-electron chi connectivity index (χ0n) is 8.44. The number of benzene rings is 1. The van der Waals surface area contributed by atoms with E-state index in [1.165, 1.54) is 13.4 Å². The van der Waals surface area contributed by atoms with E-state index in [0.717, 1.165) is 0 Å². The second-order valence-electron chi connectivity index (χ2n) is 3.27. The van der Waals surface area contributed by atoms with Crippen LogP contribution < -0.4 is 19.8 Å². The first kappa shape index (κ1) is 9.02. The summed E-state index contributed by atoms with van der Waals surface area (Å²) in [5, 5.41) is 0.420. The van der Waals surface area contributed by atoms with Crippen LogP contribution in [-0.2, 0) is 0 Å². The number of hydrogen-bond acceptors (Lipinski definition) is 5. The van der Waals surface area contributed by atoms with Gasteiger partial charge in [-0.1, -0.05) is 0 Å². The lowest BCUT2D eigenvalue weighted by Gasteiger charge is -2.06. The molecular weight excluding hydrogens is 212 g/mol. The number of nitrogens with one attached hydrogen (secondary N) is 1. The highest BCUT2D eigenvalue weighted by Crippen LogP contribution is 2.44. The van der Waals surface area contributed by atoms with E-state index in [2.05, 4.69) is 9.97 Å². The molecule has 16 heavy (non-hydrogen) atoms. The third kappa shape index (κ3) is 1.06. The van der Waals surface area contributed by atoms with Crippen LogP contribution in [0.1, 0.15) is 0 Å². The Hall–Kier alpha value is -2.24. The summed E-state index contributed by atoms with van der Waals surface area (Å²) in [6.45, 7) is 0.110. The molecule has 1 aliphatic rings. The van der Waals surface area contributed by atoms with Gasteiger partial charge in [-0.2, -0.15) is 0 Å². The number of aromatic amines is 1. The second-order valence-corrected chi connectivity index (χ2v) is 3.27. The molecule has 1 aromatic carbocycles. The summed E-state index contributed by atoms with van der Waals surface area (Å²) in [5.41, 5.74) is 0.249. The monoisotopic (exact) mass is 220 g/mol. The summed E-state index contributed by atoms with van der Waals surface area (Å²) in [5.74, 6) is 1.42. The topological polar surface area (TPSA) is 73.4 Å². The molecule has 0 atom stereocenters. The average Bonchev–Trinajstić information content (AvgIpc) is 2.78.